The lowest BCUT2D eigenvalue weighted by atomic mass is 10.2. The van der Waals surface area contributed by atoms with Crippen molar-refractivity contribution in [2.24, 2.45) is 0 Å². The normalized spacial score (nSPS) is 10.5. The number of nitrogens with zero attached hydrogens (tertiary/aromatic N) is 1. The van der Waals surface area contributed by atoms with Gasteiger partial charge in [0, 0.05) is 18.9 Å². The van der Waals surface area contributed by atoms with Gasteiger partial charge in [-0.25, -0.2) is 0 Å². The average Bonchev–Trinajstić information content (AvgIpc) is 2.54. The highest BCUT2D eigenvalue weighted by molar-refractivity contribution is 5.27. The second-order valence-electron chi connectivity index (χ2n) is 5.13. The van der Waals surface area contributed by atoms with Crippen molar-refractivity contribution in [1.82, 2.24) is 10.3 Å². The second kappa shape index (κ2) is 9.14. The first kappa shape index (κ1) is 15.5. The average molecular weight is 284 g/mol. The summed E-state index contributed by atoms with van der Waals surface area (Å²) >= 11 is 0. The van der Waals surface area contributed by atoms with Crippen LogP contribution in [0.1, 0.15) is 30.9 Å². The third-order valence-electron chi connectivity index (χ3n) is 3.28. The molecule has 2 rings (SSSR count). The van der Waals surface area contributed by atoms with E-state index in [1.165, 1.54) is 11.1 Å². The minimum atomic E-state index is 0.738. The van der Waals surface area contributed by atoms with E-state index in [0.717, 1.165) is 44.7 Å². The molecule has 21 heavy (non-hydrogen) atoms. The van der Waals surface area contributed by atoms with Crippen molar-refractivity contribution in [1.29, 1.82) is 0 Å². The van der Waals surface area contributed by atoms with Crippen molar-refractivity contribution in [3.05, 3.63) is 59.9 Å². The Morgan fingerprint density at radius 3 is 2.67 bits per heavy atom. The van der Waals surface area contributed by atoms with Crippen LogP contribution >= 0.6 is 0 Å². The molecule has 2 aromatic rings. The van der Waals surface area contributed by atoms with Crippen LogP contribution in [-0.4, -0.2) is 18.1 Å². The molecule has 0 amide bonds. The van der Waals surface area contributed by atoms with E-state index in [4.69, 9.17) is 4.74 Å². The van der Waals surface area contributed by atoms with Gasteiger partial charge in [-0.3, -0.25) is 4.98 Å². The molecule has 0 saturated carbocycles. The summed E-state index contributed by atoms with van der Waals surface area (Å²) in [7, 11) is 0. The third-order valence-corrected chi connectivity index (χ3v) is 3.28. The van der Waals surface area contributed by atoms with Gasteiger partial charge in [0.05, 0.1) is 6.61 Å². The topological polar surface area (TPSA) is 34.1 Å². The number of aromatic nitrogens is 1. The lowest BCUT2D eigenvalue weighted by Gasteiger charge is -2.08. The highest BCUT2D eigenvalue weighted by Crippen LogP contribution is 2.13. The van der Waals surface area contributed by atoms with E-state index in [1.54, 1.807) is 6.20 Å². The van der Waals surface area contributed by atoms with Gasteiger partial charge in [-0.1, -0.05) is 25.1 Å². The van der Waals surface area contributed by atoms with Gasteiger partial charge in [-0.2, -0.15) is 0 Å². The maximum absolute atomic E-state index is 5.77. The van der Waals surface area contributed by atoms with Gasteiger partial charge in [0.25, 0.3) is 0 Å². The van der Waals surface area contributed by atoms with E-state index in [2.05, 4.69) is 35.4 Å². The summed E-state index contributed by atoms with van der Waals surface area (Å²) in [4.78, 5) is 4.12. The smallest absolute Gasteiger partial charge is 0.119 e. The fourth-order valence-corrected chi connectivity index (χ4v) is 2.13. The zero-order valence-electron chi connectivity index (χ0n) is 12.7. The fourth-order valence-electron chi connectivity index (χ4n) is 2.13. The van der Waals surface area contributed by atoms with E-state index in [9.17, 15) is 0 Å². The lowest BCUT2D eigenvalue weighted by Crippen LogP contribution is -2.13. The maximum Gasteiger partial charge on any atom is 0.119 e. The first-order chi connectivity index (χ1) is 10.4. The molecule has 112 valence electrons. The van der Waals surface area contributed by atoms with Gasteiger partial charge in [0.15, 0.2) is 0 Å². The van der Waals surface area contributed by atoms with Crippen molar-refractivity contribution in [3.8, 4) is 5.75 Å². The maximum atomic E-state index is 5.77. The second-order valence-corrected chi connectivity index (χ2v) is 5.13. The molecular weight excluding hydrogens is 260 g/mol. The summed E-state index contributed by atoms with van der Waals surface area (Å²) in [6.45, 7) is 4.90. The van der Waals surface area contributed by atoms with Gasteiger partial charge in [0.2, 0.25) is 0 Å². The van der Waals surface area contributed by atoms with Crippen molar-refractivity contribution < 1.29 is 4.74 Å². The van der Waals surface area contributed by atoms with Gasteiger partial charge < -0.3 is 10.1 Å². The molecule has 0 aliphatic rings. The van der Waals surface area contributed by atoms with Crippen molar-refractivity contribution >= 4 is 0 Å². The fraction of sp³-hybridized carbons (Fsp3) is 0.389. The first-order valence-electron chi connectivity index (χ1n) is 7.70. The molecule has 1 aromatic heterocycles. The Balaban J connectivity index is 1.66. The van der Waals surface area contributed by atoms with Crippen LogP contribution in [-0.2, 0) is 13.0 Å². The molecule has 1 aromatic carbocycles. The molecule has 0 aliphatic carbocycles. The predicted octanol–water partition coefficient (Wildman–Crippen LogP) is 3.59. The molecule has 3 nitrogen and oxygen atoms in total. The van der Waals surface area contributed by atoms with Crippen LogP contribution in [0.15, 0.2) is 48.8 Å². The summed E-state index contributed by atoms with van der Waals surface area (Å²) in [5.41, 5.74) is 2.56. The minimum absolute atomic E-state index is 0.738. The number of ether oxygens (including phenoxy) is 1. The Kier molecular flexibility index (Phi) is 6.75. The van der Waals surface area contributed by atoms with Crippen LogP contribution in [0.25, 0.3) is 0 Å². The Morgan fingerprint density at radius 2 is 1.95 bits per heavy atom. The third kappa shape index (κ3) is 5.96. The van der Waals surface area contributed by atoms with E-state index < -0.39 is 0 Å². The largest absolute Gasteiger partial charge is 0.494 e. The standard InChI is InChI=1S/C18H24N2O/c1-2-11-19-15-17-7-9-18(10-8-17)21-13-4-6-16-5-3-12-20-14-16/h3,5,7-10,12,14,19H,2,4,6,11,13,15H2,1H3. The van der Waals surface area contributed by atoms with Crippen LogP contribution in [0, 0.1) is 0 Å². The molecule has 3 heteroatoms. The molecule has 0 saturated heterocycles. The molecule has 0 fully saturated rings. The van der Waals surface area contributed by atoms with Crippen molar-refractivity contribution in [3.63, 3.8) is 0 Å². The van der Waals surface area contributed by atoms with Gasteiger partial charge in [-0.15, -0.1) is 0 Å². The SMILES string of the molecule is CCCNCc1ccc(OCCCc2cccnc2)cc1. The summed E-state index contributed by atoms with van der Waals surface area (Å²) in [5.74, 6) is 0.945. The van der Waals surface area contributed by atoms with Gasteiger partial charge >= 0.3 is 0 Å². The van der Waals surface area contributed by atoms with E-state index in [1.807, 2.05) is 24.4 Å². The number of aryl methyl sites for hydroxylation is 1. The monoisotopic (exact) mass is 284 g/mol. The summed E-state index contributed by atoms with van der Waals surface area (Å²) in [6, 6.07) is 12.4. The first-order valence-corrected chi connectivity index (χ1v) is 7.70. The zero-order valence-corrected chi connectivity index (χ0v) is 12.7. The Hall–Kier alpha value is -1.87. The summed E-state index contributed by atoms with van der Waals surface area (Å²) < 4.78 is 5.77. The quantitative estimate of drug-likeness (QED) is 0.715. The number of hydrogen-bond acceptors (Lipinski definition) is 3. The summed E-state index contributed by atoms with van der Waals surface area (Å²) in [6.07, 6.45) is 6.89. The lowest BCUT2D eigenvalue weighted by molar-refractivity contribution is 0.311. The Morgan fingerprint density at radius 1 is 1.10 bits per heavy atom. The molecule has 1 heterocycles. The van der Waals surface area contributed by atoms with E-state index >= 15 is 0 Å². The molecule has 0 atom stereocenters. The van der Waals surface area contributed by atoms with Crippen molar-refractivity contribution in [2.75, 3.05) is 13.2 Å². The van der Waals surface area contributed by atoms with E-state index in [-0.39, 0.29) is 0 Å². The predicted molar refractivity (Wildman–Crippen MR) is 86.5 cm³/mol. The number of rotatable bonds is 9. The van der Waals surface area contributed by atoms with Crippen LogP contribution in [0.4, 0.5) is 0 Å². The highest BCUT2D eigenvalue weighted by Gasteiger charge is 1.97. The van der Waals surface area contributed by atoms with Gasteiger partial charge in [-0.05, 0) is 55.1 Å². The van der Waals surface area contributed by atoms with E-state index in [0.29, 0.717) is 0 Å². The zero-order chi connectivity index (χ0) is 14.8. The summed E-state index contributed by atoms with van der Waals surface area (Å²) in [5, 5.41) is 3.39. The van der Waals surface area contributed by atoms with Gasteiger partial charge in [0.1, 0.15) is 5.75 Å². The number of nitrogens with one attached hydrogen (secondary N) is 1. The Bertz CT molecular complexity index is 496. The van der Waals surface area contributed by atoms with Crippen molar-refractivity contribution in [2.45, 2.75) is 32.7 Å². The van der Waals surface area contributed by atoms with Crippen LogP contribution < -0.4 is 10.1 Å². The molecule has 0 radical (unpaired) electrons. The molecule has 0 unspecified atom stereocenters. The molecule has 0 aliphatic heterocycles. The number of pyridine rings is 1. The molecule has 1 N–H and O–H groups in total. The number of benzene rings is 1. The molecule has 0 bridgehead atoms. The minimum Gasteiger partial charge on any atom is -0.494 e. The highest BCUT2D eigenvalue weighted by atomic mass is 16.5. The Labute approximate surface area is 127 Å². The van der Waals surface area contributed by atoms with Crippen LogP contribution in [0.5, 0.6) is 5.75 Å². The molecular formula is C18H24N2O. The van der Waals surface area contributed by atoms with Crippen LogP contribution in [0.3, 0.4) is 0 Å². The number of hydrogen-bond donors (Lipinski definition) is 1. The molecule has 0 spiro atoms. The van der Waals surface area contributed by atoms with Crippen LogP contribution in [0.2, 0.25) is 0 Å².